The minimum absolute atomic E-state index is 0.165. The smallest absolute Gasteiger partial charge is 0.149 e. The summed E-state index contributed by atoms with van der Waals surface area (Å²) in [5, 5.41) is 4.32. The Morgan fingerprint density at radius 1 is 1.50 bits per heavy atom. The van der Waals surface area contributed by atoms with E-state index in [1.54, 1.807) is 4.68 Å². The minimum atomic E-state index is -0.173. The van der Waals surface area contributed by atoms with Crippen LogP contribution in [0.5, 0.6) is 5.75 Å². The zero-order valence-electron chi connectivity index (χ0n) is 11.4. The Morgan fingerprint density at radius 3 is 2.95 bits per heavy atom. The van der Waals surface area contributed by atoms with Gasteiger partial charge in [0.25, 0.3) is 0 Å². The molecule has 0 spiro atoms. The summed E-state index contributed by atoms with van der Waals surface area (Å²) in [5.74, 6) is 0.818. The van der Waals surface area contributed by atoms with Crippen molar-refractivity contribution in [3.63, 3.8) is 0 Å². The Hall–Kier alpha value is -1.62. The molecule has 20 heavy (non-hydrogen) atoms. The van der Waals surface area contributed by atoms with Crippen LogP contribution in [0, 0.1) is 6.92 Å². The maximum absolute atomic E-state index is 12.5. The fourth-order valence-electron chi connectivity index (χ4n) is 2.59. The summed E-state index contributed by atoms with van der Waals surface area (Å²) in [4.78, 5) is 12.5. The average Bonchev–Trinajstić information content (AvgIpc) is 2.96. The molecule has 0 saturated carbocycles. The number of hydrogen-bond acceptors (Lipinski definition) is 3. The Morgan fingerprint density at radius 2 is 2.25 bits per heavy atom. The maximum atomic E-state index is 12.5. The Bertz CT molecular complexity index is 679. The number of fused-ring (bicyclic) bond motifs is 1. The van der Waals surface area contributed by atoms with Crippen LogP contribution in [0.25, 0.3) is 0 Å². The van der Waals surface area contributed by atoms with Crippen molar-refractivity contribution < 1.29 is 9.53 Å². The van der Waals surface area contributed by atoms with Gasteiger partial charge in [0, 0.05) is 12.6 Å². The van der Waals surface area contributed by atoms with Crippen molar-refractivity contribution in [1.29, 1.82) is 0 Å². The molecular weight excluding hydrogens is 320 g/mol. The second-order valence-electron chi connectivity index (χ2n) is 5.01. The number of ketones is 1. The van der Waals surface area contributed by atoms with E-state index in [1.807, 2.05) is 38.2 Å². The maximum Gasteiger partial charge on any atom is 0.149 e. The molecule has 0 radical (unpaired) electrons. The summed E-state index contributed by atoms with van der Waals surface area (Å²) in [5.41, 5.74) is 2.81. The van der Waals surface area contributed by atoms with Gasteiger partial charge in [0.15, 0.2) is 0 Å². The quantitative estimate of drug-likeness (QED) is 0.866. The molecule has 1 aliphatic heterocycles. The highest BCUT2D eigenvalue weighted by Crippen LogP contribution is 2.35. The van der Waals surface area contributed by atoms with E-state index in [9.17, 15) is 4.79 Å². The van der Waals surface area contributed by atoms with Crippen molar-refractivity contribution >= 4 is 21.7 Å². The first-order valence-electron chi connectivity index (χ1n) is 6.50. The summed E-state index contributed by atoms with van der Waals surface area (Å²) in [6, 6.07) is 7.74. The first-order chi connectivity index (χ1) is 9.58. The van der Waals surface area contributed by atoms with E-state index in [0.29, 0.717) is 13.0 Å². The van der Waals surface area contributed by atoms with Gasteiger partial charge in [0.1, 0.15) is 18.1 Å². The molecule has 1 aromatic heterocycles. The number of para-hydroxylation sites is 1. The second-order valence-corrected chi connectivity index (χ2v) is 5.81. The third-order valence-electron chi connectivity index (χ3n) is 3.69. The van der Waals surface area contributed by atoms with Crippen LogP contribution in [0.3, 0.4) is 0 Å². The van der Waals surface area contributed by atoms with Crippen LogP contribution in [0.4, 0.5) is 0 Å². The van der Waals surface area contributed by atoms with E-state index >= 15 is 0 Å². The Balaban J connectivity index is 1.85. The lowest BCUT2D eigenvalue weighted by Crippen LogP contribution is -2.18. The summed E-state index contributed by atoms with van der Waals surface area (Å²) in [6.45, 7) is 2.36. The van der Waals surface area contributed by atoms with Gasteiger partial charge >= 0.3 is 0 Å². The molecule has 104 valence electrons. The summed E-state index contributed by atoms with van der Waals surface area (Å²) < 4.78 is 8.26. The second kappa shape index (κ2) is 5.05. The van der Waals surface area contributed by atoms with Crippen LogP contribution in [0.1, 0.15) is 22.9 Å². The predicted molar refractivity (Wildman–Crippen MR) is 79.0 cm³/mol. The highest BCUT2D eigenvalue weighted by molar-refractivity contribution is 9.10. The fraction of sp³-hybridized carbons (Fsp3) is 0.333. The van der Waals surface area contributed by atoms with E-state index in [2.05, 4.69) is 21.0 Å². The summed E-state index contributed by atoms with van der Waals surface area (Å²) in [7, 11) is 1.86. The van der Waals surface area contributed by atoms with Gasteiger partial charge in [0.05, 0.1) is 28.2 Å². The first-order valence-corrected chi connectivity index (χ1v) is 7.29. The molecule has 3 rings (SSSR count). The molecule has 5 heteroatoms. The molecule has 2 heterocycles. The van der Waals surface area contributed by atoms with E-state index < -0.39 is 0 Å². The minimum Gasteiger partial charge on any atom is -0.492 e. The molecule has 1 aromatic carbocycles. The van der Waals surface area contributed by atoms with Gasteiger partial charge in [-0.15, -0.1) is 0 Å². The van der Waals surface area contributed by atoms with Gasteiger partial charge in [0.2, 0.25) is 0 Å². The number of Topliss-reactive ketones (excluding diaryl/α,β-unsaturated/α-hetero) is 1. The van der Waals surface area contributed by atoms with Crippen LogP contribution in [0.2, 0.25) is 0 Å². The number of aryl methyl sites for hydroxylation is 2. The molecule has 1 aliphatic rings. The largest absolute Gasteiger partial charge is 0.492 e. The number of ether oxygens (including phenoxy) is 1. The number of halogens is 1. The fourth-order valence-corrected chi connectivity index (χ4v) is 3.07. The van der Waals surface area contributed by atoms with Gasteiger partial charge in [-0.05, 0) is 28.9 Å². The highest BCUT2D eigenvalue weighted by atomic mass is 79.9. The number of hydrogen-bond donors (Lipinski definition) is 0. The molecule has 0 bridgehead atoms. The predicted octanol–water partition coefficient (Wildman–Crippen LogP) is 2.78. The van der Waals surface area contributed by atoms with Gasteiger partial charge in [-0.2, -0.15) is 5.10 Å². The van der Waals surface area contributed by atoms with Crippen LogP contribution < -0.4 is 4.74 Å². The van der Waals surface area contributed by atoms with Crippen molar-refractivity contribution in [1.82, 2.24) is 9.78 Å². The normalized spacial score (nSPS) is 16.9. The molecule has 0 saturated heterocycles. The first kappa shape index (κ1) is 13.4. The van der Waals surface area contributed by atoms with Crippen LogP contribution in [-0.2, 0) is 18.3 Å². The Labute approximate surface area is 125 Å². The lowest BCUT2D eigenvalue weighted by molar-refractivity contribution is -0.120. The topological polar surface area (TPSA) is 44.1 Å². The number of benzene rings is 1. The molecule has 1 atom stereocenters. The molecule has 0 amide bonds. The summed E-state index contributed by atoms with van der Waals surface area (Å²) in [6.07, 6.45) is 0.361. The van der Waals surface area contributed by atoms with Crippen molar-refractivity contribution in [3.05, 3.63) is 45.7 Å². The molecule has 1 unspecified atom stereocenters. The molecule has 4 nitrogen and oxygen atoms in total. The van der Waals surface area contributed by atoms with E-state index in [4.69, 9.17) is 4.74 Å². The molecule has 0 N–H and O–H groups in total. The third-order valence-corrected chi connectivity index (χ3v) is 4.72. The number of nitrogens with zero attached hydrogens (tertiary/aromatic N) is 2. The highest BCUT2D eigenvalue weighted by Gasteiger charge is 2.30. The van der Waals surface area contributed by atoms with E-state index in [0.717, 1.165) is 27.2 Å². The van der Waals surface area contributed by atoms with Gasteiger partial charge < -0.3 is 4.74 Å². The molecule has 2 aromatic rings. The van der Waals surface area contributed by atoms with Crippen molar-refractivity contribution in [2.45, 2.75) is 19.3 Å². The van der Waals surface area contributed by atoms with E-state index in [1.165, 1.54) is 0 Å². The zero-order valence-corrected chi connectivity index (χ0v) is 13.0. The lowest BCUT2D eigenvalue weighted by Gasteiger charge is -2.08. The van der Waals surface area contributed by atoms with Crippen LogP contribution in [-0.4, -0.2) is 22.2 Å². The lowest BCUT2D eigenvalue weighted by atomic mass is 9.94. The third kappa shape index (κ3) is 2.16. The Kier molecular flexibility index (Phi) is 3.38. The van der Waals surface area contributed by atoms with Crippen LogP contribution in [0.15, 0.2) is 28.7 Å². The number of carbonyl (C=O) groups excluding carboxylic acids is 1. The van der Waals surface area contributed by atoms with Crippen molar-refractivity contribution in [2.75, 3.05) is 6.61 Å². The zero-order chi connectivity index (χ0) is 14.3. The number of aromatic nitrogens is 2. The van der Waals surface area contributed by atoms with Gasteiger partial charge in [-0.25, -0.2) is 0 Å². The van der Waals surface area contributed by atoms with Crippen LogP contribution >= 0.6 is 15.9 Å². The number of rotatable bonds is 3. The average molecular weight is 335 g/mol. The number of carbonyl (C=O) groups is 1. The molecule has 0 aliphatic carbocycles. The van der Waals surface area contributed by atoms with Gasteiger partial charge in [-0.3, -0.25) is 9.48 Å². The van der Waals surface area contributed by atoms with E-state index in [-0.39, 0.29) is 11.7 Å². The standard InChI is InChI=1S/C15H15BrN2O2/c1-9-15(16)12(18(2)17-9)7-13(19)11-8-20-14-6-4-3-5-10(11)14/h3-6,11H,7-8H2,1-2H3. The van der Waals surface area contributed by atoms with Gasteiger partial charge in [-0.1, -0.05) is 18.2 Å². The van der Waals surface area contributed by atoms with Crippen molar-refractivity contribution in [3.8, 4) is 5.75 Å². The van der Waals surface area contributed by atoms with Crippen molar-refractivity contribution in [2.24, 2.45) is 7.05 Å². The molecular formula is C15H15BrN2O2. The monoisotopic (exact) mass is 334 g/mol. The SMILES string of the molecule is Cc1nn(C)c(CC(=O)C2COc3ccccc32)c1Br. The molecule has 0 fully saturated rings. The summed E-state index contributed by atoms with van der Waals surface area (Å²) >= 11 is 3.50.